The molecule has 84 valence electrons. The number of aliphatic hydroxyl groups is 1. The summed E-state index contributed by atoms with van der Waals surface area (Å²) in [6.07, 6.45) is 3.20. The Kier molecular flexibility index (Phi) is 5.44. The molecule has 0 saturated carbocycles. The van der Waals surface area contributed by atoms with Crippen LogP contribution in [0.25, 0.3) is 0 Å². The fourth-order valence-corrected chi connectivity index (χ4v) is 2.03. The molecule has 1 N–H and O–H groups in total. The van der Waals surface area contributed by atoms with Gasteiger partial charge in [0.15, 0.2) is 0 Å². The molecular formula is C12H16Cl2O. The van der Waals surface area contributed by atoms with Gasteiger partial charge >= 0.3 is 0 Å². The fourth-order valence-electron chi connectivity index (χ4n) is 1.52. The Morgan fingerprint density at radius 2 is 2.00 bits per heavy atom. The van der Waals surface area contributed by atoms with E-state index in [2.05, 4.69) is 6.92 Å². The molecule has 1 atom stereocenters. The Balaban J connectivity index is 2.50. The summed E-state index contributed by atoms with van der Waals surface area (Å²) in [5.41, 5.74) is 1.05. The average molecular weight is 247 g/mol. The first-order valence-corrected chi connectivity index (χ1v) is 6.01. The lowest BCUT2D eigenvalue weighted by Crippen LogP contribution is -2.07. The highest BCUT2D eigenvalue weighted by Gasteiger charge is 2.06. The maximum absolute atomic E-state index is 9.59. The molecule has 0 aromatic heterocycles. The van der Waals surface area contributed by atoms with Gasteiger partial charge in [-0.05, 0) is 37.0 Å². The molecule has 1 aromatic carbocycles. The Morgan fingerprint density at radius 1 is 1.27 bits per heavy atom. The summed E-state index contributed by atoms with van der Waals surface area (Å²) < 4.78 is 0. The minimum atomic E-state index is -0.221. The first-order valence-electron chi connectivity index (χ1n) is 5.25. The first-order chi connectivity index (χ1) is 7.13. The van der Waals surface area contributed by atoms with Crippen molar-refractivity contribution in [2.75, 3.05) is 0 Å². The summed E-state index contributed by atoms with van der Waals surface area (Å²) in [7, 11) is 0. The van der Waals surface area contributed by atoms with Crippen LogP contribution < -0.4 is 0 Å². The van der Waals surface area contributed by atoms with Crippen molar-refractivity contribution in [2.45, 2.75) is 38.7 Å². The second-order valence-corrected chi connectivity index (χ2v) is 4.56. The van der Waals surface area contributed by atoms with Gasteiger partial charge in [0.25, 0.3) is 0 Å². The van der Waals surface area contributed by atoms with Gasteiger partial charge in [-0.15, -0.1) is 0 Å². The van der Waals surface area contributed by atoms with Crippen LogP contribution in [0.5, 0.6) is 0 Å². The third-order valence-electron chi connectivity index (χ3n) is 2.38. The first kappa shape index (κ1) is 12.8. The molecule has 0 aliphatic carbocycles. The van der Waals surface area contributed by atoms with Gasteiger partial charge in [-0.1, -0.05) is 42.6 Å². The van der Waals surface area contributed by atoms with Crippen molar-refractivity contribution < 1.29 is 5.11 Å². The van der Waals surface area contributed by atoms with E-state index in [1.807, 2.05) is 12.1 Å². The maximum Gasteiger partial charge on any atom is 0.0543 e. The number of hydrogen-bond acceptors (Lipinski definition) is 1. The average Bonchev–Trinajstić information content (AvgIpc) is 2.17. The third kappa shape index (κ3) is 4.42. The predicted octanol–water partition coefficient (Wildman–Crippen LogP) is 4.09. The van der Waals surface area contributed by atoms with Gasteiger partial charge in [0, 0.05) is 10.0 Å². The number of aryl methyl sites for hydroxylation is 1. The van der Waals surface area contributed by atoms with Crippen LogP contribution >= 0.6 is 23.2 Å². The monoisotopic (exact) mass is 246 g/mol. The van der Waals surface area contributed by atoms with Gasteiger partial charge in [0.1, 0.15) is 0 Å². The zero-order valence-corrected chi connectivity index (χ0v) is 10.4. The topological polar surface area (TPSA) is 20.2 Å². The predicted molar refractivity (Wildman–Crippen MR) is 65.7 cm³/mol. The van der Waals surface area contributed by atoms with E-state index in [1.54, 1.807) is 6.07 Å². The van der Waals surface area contributed by atoms with Crippen molar-refractivity contribution in [3.05, 3.63) is 33.8 Å². The molecule has 0 bridgehead atoms. The molecule has 1 nitrogen and oxygen atoms in total. The second kappa shape index (κ2) is 6.37. The molecule has 0 radical (unpaired) electrons. The zero-order chi connectivity index (χ0) is 11.3. The SMILES string of the molecule is CCCC(O)CCc1ccc(Cl)cc1Cl. The molecule has 0 amide bonds. The number of benzene rings is 1. The summed E-state index contributed by atoms with van der Waals surface area (Å²) >= 11 is 11.8. The van der Waals surface area contributed by atoms with Crippen molar-refractivity contribution in [2.24, 2.45) is 0 Å². The standard InChI is InChI=1S/C12H16Cl2O/c1-2-3-11(15)7-5-9-4-6-10(13)8-12(9)14/h4,6,8,11,15H,2-3,5,7H2,1H3. The Morgan fingerprint density at radius 3 is 2.60 bits per heavy atom. The summed E-state index contributed by atoms with van der Waals surface area (Å²) in [5, 5.41) is 10.9. The van der Waals surface area contributed by atoms with E-state index in [0.29, 0.717) is 10.0 Å². The van der Waals surface area contributed by atoms with Crippen LogP contribution in [0.15, 0.2) is 18.2 Å². The lowest BCUT2D eigenvalue weighted by Gasteiger charge is -2.09. The quantitative estimate of drug-likeness (QED) is 0.830. The number of halogens is 2. The van der Waals surface area contributed by atoms with Crippen molar-refractivity contribution in [1.82, 2.24) is 0 Å². The highest BCUT2D eigenvalue weighted by atomic mass is 35.5. The maximum atomic E-state index is 9.59. The highest BCUT2D eigenvalue weighted by Crippen LogP contribution is 2.22. The molecule has 0 fully saturated rings. The lowest BCUT2D eigenvalue weighted by atomic mass is 10.0. The van der Waals surface area contributed by atoms with Crippen LogP contribution in [0, 0.1) is 0 Å². The van der Waals surface area contributed by atoms with E-state index < -0.39 is 0 Å². The minimum absolute atomic E-state index is 0.221. The van der Waals surface area contributed by atoms with Crippen LogP contribution in [-0.2, 0) is 6.42 Å². The van der Waals surface area contributed by atoms with Gasteiger partial charge in [-0.2, -0.15) is 0 Å². The molecule has 0 heterocycles. The molecule has 0 aliphatic rings. The fraction of sp³-hybridized carbons (Fsp3) is 0.500. The largest absolute Gasteiger partial charge is 0.393 e. The number of aliphatic hydroxyl groups excluding tert-OH is 1. The summed E-state index contributed by atoms with van der Waals surface area (Å²) in [5.74, 6) is 0. The third-order valence-corrected chi connectivity index (χ3v) is 2.97. The van der Waals surface area contributed by atoms with E-state index in [9.17, 15) is 5.11 Å². The Bertz CT molecular complexity index is 312. The van der Waals surface area contributed by atoms with Crippen molar-refractivity contribution >= 4 is 23.2 Å². The van der Waals surface area contributed by atoms with Crippen LogP contribution in [0.4, 0.5) is 0 Å². The summed E-state index contributed by atoms with van der Waals surface area (Å²) in [4.78, 5) is 0. The van der Waals surface area contributed by atoms with E-state index in [4.69, 9.17) is 23.2 Å². The van der Waals surface area contributed by atoms with Crippen LogP contribution in [-0.4, -0.2) is 11.2 Å². The van der Waals surface area contributed by atoms with Gasteiger partial charge in [0.2, 0.25) is 0 Å². The number of hydrogen-bond donors (Lipinski definition) is 1. The van der Waals surface area contributed by atoms with Crippen LogP contribution in [0.2, 0.25) is 10.0 Å². The highest BCUT2D eigenvalue weighted by molar-refractivity contribution is 6.35. The van der Waals surface area contributed by atoms with Gasteiger partial charge in [0.05, 0.1) is 6.10 Å². The van der Waals surface area contributed by atoms with E-state index >= 15 is 0 Å². The van der Waals surface area contributed by atoms with Crippen LogP contribution in [0.1, 0.15) is 31.7 Å². The Labute approximate surface area is 101 Å². The van der Waals surface area contributed by atoms with Crippen molar-refractivity contribution in [1.29, 1.82) is 0 Å². The van der Waals surface area contributed by atoms with Gasteiger partial charge in [-0.25, -0.2) is 0 Å². The van der Waals surface area contributed by atoms with E-state index in [1.165, 1.54) is 0 Å². The minimum Gasteiger partial charge on any atom is -0.393 e. The van der Waals surface area contributed by atoms with Crippen molar-refractivity contribution in [3.63, 3.8) is 0 Å². The number of rotatable bonds is 5. The van der Waals surface area contributed by atoms with Gasteiger partial charge in [-0.3, -0.25) is 0 Å². The van der Waals surface area contributed by atoms with Gasteiger partial charge < -0.3 is 5.11 Å². The summed E-state index contributed by atoms with van der Waals surface area (Å²) in [6, 6.07) is 5.49. The molecule has 1 rings (SSSR count). The molecule has 0 aliphatic heterocycles. The molecule has 1 unspecified atom stereocenters. The molecule has 15 heavy (non-hydrogen) atoms. The summed E-state index contributed by atoms with van der Waals surface area (Å²) in [6.45, 7) is 2.07. The van der Waals surface area contributed by atoms with Crippen LogP contribution in [0.3, 0.4) is 0 Å². The Hall–Kier alpha value is -0.240. The lowest BCUT2D eigenvalue weighted by molar-refractivity contribution is 0.154. The zero-order valence-electron chi connectivity index (χ0n) is 8.84. The second-order valence-electron chi connectivity index (χ2n) is 3.72. The molecular weight excluding hydrogens is 231 g/mol. The molecule has 0 saturated heterocycles. The molecule has 0 spiro atoms. The smallest absolute Gasteiger partial charge is 0.0543 e. The normalized spacial score (nSPS) is 12.8. The van der Waals surface area contributed by atoms with E-state index in [-0.39, 0.29) is 6.10 Å². The van der Waals surface area contributed by atoms with Crippen molar-refractivity contribution in [3.8, 4) is 0 Å². The van der Waals surface area contributed by atoms with E-state index in [0.717, 1.165) is 31.2 Å². The molecule has 3 heteroatoms. The molecule has 1 aromatic rings.